The van der Waals surface area contributed by atoms with Crippen molar-refractivity contribution in [3.8, 4) is 5.75 Å². The molecule has 4 nitrogen and oxygen atoms in total. The monoisotopic (exact) mass is 312 g/mol. The topological polar surface area (TPSA) is 45.5 Å². The molecule has 0 unspecified atom stereocenters. The Hall–Kier alpha value is -2.07. The van der Waals surface area contributed by atoms with E-state index in [2.05, 4.69) is 47.6 Å². The van der Waals surface area contributed by atoms with Crippen molar-refractivity contribution in [2.75, 3.05) is 6.54 Å². The average Bonchev–Trinajstić information content (AvgIpc) is 2.51. The maximum atomic E-state index is 12.0. The van der Waals surface area contributed by atoms with E-state index < -0.39 is 0 Å². The summed E-state index contributed by atoms with van der Waals surface area (Å²) >= 11 is 0. The fraction of sp³-hybridized carbons (Fsp3) is 0.421. The molecule has 4 heteroatoms. The van der Waals surface area contributed by atoms with Crippen LogP contribution in [0.25, 0.3) is 0 Å². The van der Waals surface area contributed by atoms with E-state index in [4.69, 9.17) is 0 Å². The molecule has 1 aromatic heterocycles. The van der Waals surface area contributed by atoms with E-state index in [1.165, 1.54) is 17.2 Å². The van der Waals surface area contributed by atoms with Gasteiger partial charge in [-0.05, 0) is 38.3 Å². The largest absolute Gasteiger partial charge is 0.503 e. The summed E-state index contributed by atoms with van der Waals surface area (Å²) in [5.74, 6) is -0.108. The quantitative estimate of drug-likeness (QED) is 0.947. The number of fused-ring (bicyclic) bond motifs is 1. The molecule has 0 saturated carbocycles. The Bertz CT molecular complexity index is 777. The second-order valence-corrected chi connectivity index (χ2v) is 6.64. The van der Waals surface area contributed by atoms with Crippen LogP contribution >= 0.6 is 0 Å². The Kier molecular flexibility index (Phi) is 4.26. The van der Waals surface area contributed by atoms with Gasteiger partial charge in [-0.2, -0.15) is 0 Å². The van der Waals surface area contributed by atoms with Gasteiger partial charge in [0.1, 0.15) is 0 Å². The number of benzene rings is 1. The molecule has 0 bridgehead atoms. The van der Waals surface area contributed by atoms with Gasteiger partial charge >= 0.3 is 0 Å². The van der Waals surface area contributed by atoms with Gasteiger partial charge in [-0.25, -0.2) is 0 Å². The first-order valence-electron chi connectivity index (χ1n) is 8.20. The van der Waals surface area contributed by atoms with Crippen LogP contribution in [-0.4, -0.2) is 21.1 Å². The van der Waals surface area contributed by atoms with E-state index in [0.717, 1.165) is 30.9 Å². The highest BCUT2D eigenvalue weighted by Gasteiger charge is 2.21. The molecule has 1 N–H and O–H groups in total. The highest BCUT2D eigenvalue weighted by atomic mass is 16.3. The van der Waals surface area contributed by atoms with Crippen LogP contribution in [0.15, 0.2) is 35.1 Å². The molecular formula is C19H24N2O2. The third-order valence-electron chi connectivity index (χ3n) is 4.62. The number of aromatic hydroxyl groups is 1. The lowest BCUT2D eigenvalue weighted by molar-refractivity contribution is 0.232. The van der Waals surface area contributed by atoms with Crippen molar-refractivity contribution in [3.63, 3.8) is 0 Å². The van der Waals surface area contributed by atoms with Gasteiger partial charge in [0, 0.05) is 37.4 Å². The lowest BCUT2D eigenvalue weighted by Crippen LogP contribution is -2.32. The third-order valence-corrected chi connectivity index (χ3v) is 4.62. The molecule has 0 atom stereocenters. The van der Waals surface area contributed by atoms with Crippen molar-refractivity contribution < 1.29 is 5.11 Å². The van der Waals surface area contributed by atoms with Crippen LogP contribution in [-0.2, 0) is 19.5 Å². The zero-order valence-corrected chi connectivity index (χ0v) is 14.0. The van der Waals surface area contributed by atoms with Crippen LogP contribution in [0.2, 0.25) is 0 Å². The predicted octanol–water partition coefficient (Wildman–Crippen LogP) is 3.00. The Balaban J connectivity index is 1.93. The summed E-state index contributed by atoms with van der Waals surface area (Å²) in [7, 11) is 0. The summed E-state index contributed by atoms with van der Waals surface area (Å²) in [5.41, 5.74) is 4.08. The molecule has 2 heterocycles. The van der Waals surface area contributed by atoms with E-state index in [1.54, 1.807) is 0 Å². The summed E-state index contributed by atoms with van der Waals surface area (Å²) < 4.78 is 2.07. The standard InChI is InChI=1S/C19H24N2O2/c1-13(2)21-14(3)10-18(22)19(23)17(21)12-20-9-8-15-6-4-5-7-16(15)11-20/h4-7,10,13,23H,8-9,11-12H2,1-3H3. The van der Waals surface area contributed by atoms with Gasteiger partial charge in [-0.3, -0.25) is 9.69 Å². The molecule has 23 heavy (non-hydrogen) atoms. The Morgan fingerprint density at radius 1 is 1.22 bits per heavy atom. The van der Waals surface area contributed by atoms with Gasteiger partial charge in [0.25, 0.3) is 0 Å². The van der Waals surface area contributed by atoms with Crippen LogP contribution in [0.1, 0.15) is 42.4 Å². The summed E-state index contributed by atoms with van der Waals surface area (Å²) in [6, 6.07) is 10.2. The Labute approximate surface area is 137 Å². The summed E-state index contributed by atoms with van der Waals surface area (Å²) in [6.07, 6.45) is 1.01. The molecular weight excluding hydrogens is 288 g/mol. The number of nitrogens with zero attached hydrogens (tertiary/aromatic N) is 2. The number of pyridine rings is 1. The number of aromatic nitrogens is 1. The predicted molar refractivity (Wildman–Crippen MR) is 91.7 cm³/mol. The summed E-state index contributed by atoms with van der Waals surface area (Å²) in [6.45, 7) is 8.47. The highest BCUT2D eigenvalue weighted by molar-refractivity contribution is 5.32. The zero-order valence-electron chi connectivity index (χ0n) is 14.0. The van der Waals surface area contributed by atoms with Crippen LogP contribution in [0.5, 0.6) is 5.75 Å². The number of rotatable bonds is 3. The lowest BCUT2D eigenvalue weighted by atomic mass is 10.00. The van der Waals surface area contributed by atoms with Crippen molar-refractivity contribution in [2.24, 2.45) is 0 Å². The number of hydrogen-bond acceptors (Lipinski definition) is 3. The molecule has 1 aromatic carbocycles. The van der Waals surface area contributed by atoms with E-state index >= 15 is 0 Å². The van der Waals surface area contributed by atoms with Crippen LogP contribution < -0.4 is 5.43 Å². The van der Waals surface area contributed by atoms with Gasteiger partial charge in [-0.1, -0.05) is 24.3 Å². The van der Waals surface area contributed by atoms with Crippen molar-refractivity contribution in [2.45, 2.75) is 46.3 Å². The number of hydrogen-bond donors (Lipinski definition) is 1. The lowest BCUT2D eigenvalue weighted by Gasteiger charge is -2.31. The molecule has 0 aliphatic carbocycles. The second-order valence-electron chi connectivity index (χ2n) is 6.64. The minimum atomic E-state index is -0.285. The second kappa shape index (κ2) is 6.20. The van der Waals surface area contributed by atoms with E-state index in [1.807, 2.05) is 6.92 Å². The Morgan fingerprint density at radius 2 is 1.91 bits per heavy atom. The summed E-state index contributed by atoms with van der Waals surface area (Å²) in [4.78, 5) is 14.3. The molecule has 0 saturated heterocycles. The van der Waals surface area contributed by atoms with E-state index in [0.29, 0.717) is 6.54 Å². The van der Waals surface area contributed by atoms with Crippen molar-refractivity contribution in [1.29, 1.82) is 0 Å². The number of aryl methyl sites for hydroxylation is 1. The third kappa shape index (κ3) is 3.04. The zero-order chi connectivity index (χ0) is 16.6. The molecule has 3 rings (SSSR count). The molecule has 0 spiro atoms. The molecule has 1 aliphatic rings. The first kappa shape index (κ1) is 15.8. The molecule has 2 aromatic rings. The minimum absolute atomic E-state index is 0.108. The molecule has 1 aliphatic heterocycles. The highest BCUT2D eigenvalue weighted by Crippen LogP contribution is 2.25. The normalized spacial score (nSPS) is 15.0. The average molecular weight is 312 g/mol. The molecule has 0 fully saturated rings. The maximum absolute atomic E-state index is 12.0. The fourth-order valence-electron chi connectivity index (χ4n) is 3.57. The van der Waals surface area contributed by atoms with Crippen LogP contribution in [0.3, 0.4) is 0 Å². The van der Waals surface area contributed by atoms with Gasteiger partial charge in [-0.15, -0.1) is 0 Å². The fourth-order valence-corrected chi connectivity index (χ4v) is 3.57. The smallest absolute Gasteiger partial charge is 0.223 e. The molecule has 122 valence electrons. The SMILES string of the molecule is Cc1cc(=O)c(O)c(CN2CCc3ccccc3C2)n1C(C)C. The van der Waals surface area contributed by atoms with Crippen molar-refractivity contribution >= 4 is 0 Å². The van der Waals surface area contributed by atoms with E-state index in [9.17, 15) is 9.90 Å². The van der Waals surface area contributed by atoms with Gasteiger partial charge in [0.15, 0.2) is 5.75 Å². The van der Waals surface area contributed by atoms with Crippen molar-refractivity contribution in [3.05, 3.63) is 63.1 Å². The first-order valence-corrected chi connectivity index (χ1v) is 8.20. The first-order chi connectivity index (χ1) is 11.0. The molecule has 0 amide bonds. The summed E-state index contributed by atoms with van der Waals surface area (Å²) in [5, 5.41) is 10.3. The minimum Gasteiger partial charge on any atom is -0.503 e. The van der Waals surface area contributed by atoms with Crippen LogP contribution in [0, 0.1) is 6.92 Å². The maximum Gasteiger partial charge on any atom is 0.223 e. The van der Waals surface area contributed by atoms with Gasteiger partial charge in [0.2, 0.25) is 5.43 Å². The van der Waals surface area contributed by atoms with Crippen LogP contribution in [0.4, 0.5) is 0 Å². The molecule has 0 radical (unpaired) electrons. The van der Waals surface area contributed by atoms with Gasteiger partial charge < -0.3 is 9.67 Å². The Morgan fingerprint density at radius 3 is 2.61 bits per heavy atom. The van der Waals surface area contributed by atoms with Crippen molar-refractivity contribution in [1.82, 2.24) is 9.47 Å². The van der Waals surface area contributed by atoms with E-state index in [-0.39, 0.29) is 17.2 Å². The van der Waals surface area contributed by atoms with Gasteiger partial charge in [0.05, 0.1) is 5.69 Å².